The number of sulfonamides is 1. The highest BCUT2D eigenvalue weighted by Gasteiger charge is 2.15. The number of benzene rings is 3. The van der Waals surface area contributed by atoms with Crippen LogP contribution in [0.25, 0.3) is 0 Å². The molecule has 0 heterocycles. The molecule has 0 aliphatic heterocycles. The number of thiocarbonyl (C=S) groups is 1. The Labute approximate surface area is 179 Å². The van der Waals surface area contributed by atoms with Gasteiger partial charge in [-0.1, -0.05) is 18.2 Å². The molecule has 0 spiro atoms. The van der Waals surface area contributed by atoms with Crippen molar-refractivity contribution >= 4 is 50.1 Å². The Hall–Kier alpha value is -3.50. The van der Waals surface area contributed by atoms with Gasteiger partial charge in [0.15, 0.2) is 5.11 Å². The minimum absolute atomic E-state index is 0.0180. The van der Waals surface area contributed by atoms with Crippen LogP contribution in [0.5, 0.6) is 0 Å². The van der Waals surface area contributed by atoms with Gasteiger partial charge in [0.05, 0.1) is 15.5 Å². The van der Waals surface area contributed by atoms with E-state index in [1.165, 1.54) is 24.3 Å². The zero-order valence-electron chi connectivity index (χ0n) is 15.8. The number of non-ortho nitro benzene ring substituents is 1. The fourth-order valence-electron chi connectivity index (χ4n) is 2.57. The van der Waals surface area contributed by atoms with Crippen LogP contribution in [0.1, 0.15) is 5.56 Å². The van der Waals surface area contributed by atoms with Gasteiger partial charge >= 0.3 is 0 Å². The lowest BCUT2D eigenvalue weighted by Gasteiger charge is -2.12. The maximum Gasteiger partial charge on any atom is 0.269 e. The summed E-state index contributed by atoms with van der Waals surface area (Å²) in [6, 6.07) is 19.1. The first kappa shape index (κ1) is 21.2. The number of para-hydroxylation sites is 1. The Bertz CT molecular complexity index is 1180. The van der Waals surface area contributed by atoms with Crippen LogP contribution in [-0.2, 0) is 10.0 Å². The summed E-state index contributed by atoms with van der Waals surface area (Å²) in [6.07, 6.45) is 0. The predicted molar refractivity (Wildman–Crippen MR) is 121 cm³/mol. The standard InChI is InChI=1S/C20H18N4O4S2/c1-14-4-2-3-5-19(14)23-30(27,28)18-12-8-16(9-13-18)22-20(29)21-15-6-10-17(11-7-15)24(25)26/h2-13,23H,1H3,(H2,21,22,29). The smallest absolute Gasteiger partial charge is 0.269 e. The summed E-state index contributed by atoms with van der Waals surface area (Å²) in [5.41, 5.74) is 2.50. The van der Waals surface area contributed by atoms with E-state index in [0.29, 0.717) is 17.1 Å². The summed E-state index contributed by atoms with van der Waals surface area (Å²) < 4.78 is 27.7. The van der Waals surface area contributed by atoms with Gasteiger partial charge in [0.25, 0.3) is 15.7 Å². The molecule has 0 atom stereocenters. The van der Waals surface area contributed by atoms with Crippen molar-refractivity contribution in [3.05, 3.63) is 88.5 Å². The van der Waals surface area contributed by atoms with Gasteiger partial charge in [0.1, 0.15) is 0 Å². The van der Waals surface area contributed by atoms with E-state index in [9.17, 15) is 18.5 Å². The topological polar surface area (TPSA) is 113 Å². The number of nitrogens with one attached hydrogen (secondary N) is 3. The maximum absolute atomic E-state index is 12.6. The second-order valence-electron chi connectivity index (χ2n) is 6.33. The molecule has 0 saturated carbocycles. The number of nitrogens with zero attached hydrogens (tertiary/aromatic N) is 1. The van der Waals surface area contributed by atoms with Gasteiger partial charge in [-0.05, 0) is 67.2 Å². The third-order valence-electron chi connectivity index (χ3n) is 4.15. The first-order chi connectivity index (χ1) is 14.2. The average Bonchev–Trinajstić information content (AvgIpc) is 2.70. The van der Waals surface area contributed by atoms with E-state index in [-0.39, 0.29) is 15.7 Å². The molecule has 0 aliphatic rings. The molecule has 0 radical (unpaired) electrons. The van der Waals surface area contributed by atoms with E-state index < -0.39 is 14.9 Å². The van der Waals surface area contributed by atoms with Gasteiger partial charge in [-0.2, -0.15) is 0 Å². The Morgan fingerprint density at radius 2 is 1.43 bits per heavy atom. The summed E-state index contributed by atoms with van der Waals surface area (Å²) in [6.45, 7) is 1.82. The lowest BCUT2D eigenvalue weighted by atomic mass is 10.2. The van der Waals surface area contributed by atoms with Gasteiger partial charge in [0, 0.05) is 23.5 Å². The van der Waals surface area contributed by atoms with Crippen LogP contribution in [0.3, 0.4) is 0 Å². The molecule has 0 saturated heterocycles. The normalized spacial score (nSPS) is 10.8. The monoisotopic (exact) mass is 442 g/mol. The van der Waals surface area contributed by atoms with E-state index in [1.807, 2.05) is 19.1 Å². The molecule has 10 heteroatoms. The molecule has 0 aliphatic carbocycles. The molecular formula is C20H18N4O4S2. The van der Waals surface area contributed by atoms with E-state index in [1.54, 1.807) is 36.4 Å². The highest BCUT2D eigenvalue weighted by molar-refractivity contribution is 7.92. The molecule has 3 N–H and O–H groups in total. The fraction of sp³-hybridized carbons (Fsp3) is 0.0500. The number of hydrogen-bond donors (Lipinski definition) is 3. The summed E-state index contributed by atoms with van der Waals surface area (Å²) >= 11 is 5.22. The van der Waals surface area contributed by atoms with Crippen LogP contribution in [0.15, 0.2) is 77.7 Å². The SMILES string of the molecule is Cc1ccccc1NS(=O)(=O)c1ccc(NC(=S)Nc2ccc([N+](=O)[O-])cc2)cc1. The molecule has 30 heavy (non-hydrogen) atoms. The van der Waals surface area contributed by atoms with Crippen LogP contribution < -0.4 is 15.4 Å². The highest BCUT2D eigenvalue weighted by Crippen LogP contribution is 2.21. The fourth-order valence-corrected chi connectivity index (χ4v) is 3.93. The zero-order chi connectivity index (χ0) is 21.7. The minimum Gasteiger partial charge on any atom is -0.332 e. The molecule has 3 rings (SSSR count). The first-order valence-corrected chi connectivity index (χ1v) is 10.6. The van der Waals surface area contributed by atoms with Crippen molar-refractivity contribution in [3.8, 4) is 0 Å². The van der Waals surface area contributed by atoms with E-state index in [4.69, 9.17) is 12.2 Å². The van der Waals surface area contributed by atoms with Gasteiger partial charge in [0.2, 0.25) is 0 Å². The van der Waals surface area contributed by atoms with Gasteiger partial charge in [-0.3, -0.25) is 14.8 Å². The van der Waals surface area contributed by atoms with Gasteiger partial charge < -0.3 is 10.6 Å². The van der Waals surface area contributed by atoms with Crippen molar-refractivity contribution in [2.75, 3.05) is 15.4 Å². The molecule has 8 nitrogen and oxygen atoms in total. The number of nitro groups is 1. The van der Waals surface area contributed by atoms with Gasteiger partial charge in [-0.15, -0.1) is 0 Å². The second-order valence-corrected chi connectivity index (χ2v) is 8.42. The van der Waals surface area contributed by atoms with Crippen LogP contribution in [0.4, 0.5) is 22.7 Å². The summed E-state index contributed by atoms with van der Waals surface area (Å²) in [5.74, 6) is 0. The molecule has 3 aromatic carbocycles. The molecule has 0 aromatic heterocycles. The Balaban J connectivity index is 1.64. The Morgan fingerprint density at radius 3 is 1.97 bits per heavy atom. The van der Waals surface area contributed by atoms with Crippen LogP contribution in [-0.4, -0.2) is 18.5 Å². The molecular weight excluding hydrogens is 424 g/mol. The first-order valence-electron chi connectivity index (χ1n) is 8.75. The minimum atomic E-state index is -3.72. The number of nitro benzene ring substituents is 1. The number of rotatable bonds is 6. The highest BCUT2D eigenvalue weighted by atomic mass is 32.2. The zero-order valence-corrected chi connectivity index (χ0v) is 17.5. The largest absolute Gasteiger partial charge is 0.332 e. The van der Waals surface area contributed by atoms with E-state index in [2.05, 4.69) is 15.4 Å². The molecule has 3 aromatic rings. The van der Waals surface area contributed by atoms with Crippen molar-refractivity contribution in [2.24, 2.45) is 0 Å². The molecule has 0 unspecified atom stereocenters. The quantitative estimate of drug-likeness (QED) is 0.292. The number of hydrogen-bond acceptors (Lipinski definition) is 5. The maximum atomic E-state index is 12.6. The summed E-state index contributed by atoms with van der Waals surface area (Å²) in [7, 11) is -3.72. The molecule has 0 amide bonds. The Kier molecular flexibility index (Phi) is 6.28. The Morgan fingerprint density at radius 1 is 0.900 bits per heavy atom. The predicted octanol–water partition coefficient (Wildman–Crippen LogP) is 4.51. The lowest BCUT2D eigenvalue weighted by Crippen LogP contribution is -2.19. The van der Waals surface area contributed by atoms with Crippen LogP contribution >= 0.6 is 12.2 Å². The lowest BCUT2D eigenvalue weighted by molar-refractivity contribution is -0.384. The molecule has 0 bridgehead atoms. The van der Waals surface area contributed by atoms with Crippen molar-refractivity contribution in [3.63, 3.8) is 0 Å². The van der Waals surface area contributed by atoms with Crippen LogP contribution in [0.2, 0.25) is 0 Å². The summed E-state index contributed by atoms with van der Waals surface area (Å²) in [5, 5.41) is 16.8. The second kappa shape index (κ2) is 8.89. The van der Waals surface area contributed by atoms with Crippen molar-refractivity contribution in [2.45, 2.75) is 11.8 Å². The number of aryl methyl sites for hydroxylation is 1. The van der Waals surface area contributed by atoms with E-state index >= 15 is 0 Å². The third-order valence-corrected chi connectivity index (χ3v) is 5.73. The number of anilines is 3. The third kappa shape index (κ3) is 5.31. The van der Waals surface area contributed by atoms with E-state index in [0.717, 1.165) is 5.56 Å². The summed E-state index contributed by atoms with van der Waals surface area (Å²) in [4.78, 5) is 10.3. The van der Waals surface area contributed by atoms with Crippen molar-refractivity contribution in [1.82, 2.24) is 0 Å². The van der Waals surface area contributed by atoms with Crippen molar-refractivity contribution < 1.29 is 13.3 Å². The van der Waals surface area contributed by atoms with Gasteiger partial charge in [-0.25, -0.2) is 8.42 Å². The molecule has 0 fully saturated rings. The average molecular weight is 443 g/mol. The molecule has 154 valence electrons. The van der Waals surface area contributed by atoms with Crippen LogP contribution in [0, 0.1) is 17.0 Å². The van der Waals surface area contributed by atoms with Crippen molar-refractivity contribution in [1.29, 1.82) is 0 Å².